The number of carbonyl (C=O) groups excluding carboxylic acids is 1. The lowest BCUT2D eigenvalue weighted by Gasteiger charge is -2.15. The molecule has 0 bridgehead atoms. The predicted octanol–water partition coefficient (Wildman–Crippen LogP) is 3.93. The van der Waals surface area contributed by atoms with E-state index in [1.807, 2.05) is 0 Å². The Morgan fingerprint density at radius 1 is 1.17 bits per heavy atom. The maximum Gasteiger partial charge on any atom is 0.416 e. The molecule has 1 atom stereocenters. The zero-order valence-electron chi connectivity index (χ0n) is 12.7. The molecular formula is C17H15F4NO2. The van der Waals surface area contributed by atoms with Gasteiger partial charge in [-0.1, -0.05) is 18.2 Å². The Morgan fingerprint density at radius 3 is 2.54 bits per heavy atom. The van der Waals surface area contributed by atoms with Crippen LogP contribution >= 0.6 is 0 Å². The van der Waals surface area contributed by atoms with Crippen molar-refractivity contribution in [3.8, 4) is 5.75 Å². The van der Waals surface area contributed by atoms with Gasteiger partial charge in [-0.3, -0.25) is 4.79 Å². The van der Waals surface area contributed by atoms with E-state index >= 15 is 0 Å². The quantitative estimate of drug-likeness (QED) is 0.837. The molecule has 7 heteroatoms. The number of halogens is 4. The number of rotatable bonds is 5. The van der Waals surface area contributed by atoms with Crippen molar-refractivity contribution in [3.63, 3.8) is 0 Å². The highest BCUT2D eigenvalue weighted by molar-refractivity contribution is 5.80. The van der Waals surface area contributed by atoms with Gasteiger partial charge in [0.1, 0.15) is 11.6 Å². The number of amides is 1. The maximum atomic E-state index is 13.0. The number of alkyl halides is 3. The molecule has 0 heterocycles. The molecule has 2 rings (SSSR count). The van der Waals surface area contributed by atoms with Gasteiger partial charge < -0.3 is 10.1 Å². The first-order chi connectivity index (χ1) is 11.3. The summed E-state index contributed by atoms with van der Waals surface area (Å²) < 4.78 is 56.2. The molecule has 0 aliphatic rings. The van der Waals surface area contributed by atoms with Gasteiger partial charge in [0, 0.05) is 12.6 Å². The van der Waals surface area contributed by atoms with E-state index in [1.165, 1.54) is 37.3 Å². The summed E-state index contributed by atoms with van der Waals surface area (Å²) in [5.74, 6) is -0.822. The third-order valence-corrected chi connectivity index (χ3v) is 3.20. The van der Waals surface area contributed by atoms with E-state index in [0.717, 1.165) is 18.2 Å². The standard InChI is InChI=1S/C17H15F4NO2/c1-11(24-15-7-3-6-14(18)9-15)16(23)22-10-12-4-2-5-13(8-12)17(19,20)21/h2-9,11H,10H2,1H3,(H,22,23). The van der Waals surface area contributed by atoms with Gasteiger partial charge in [0.25, 0.3) is 5.91 Å². The van der Waals surface area contributed by atoms with Crippen molar-refractivity contribution in [1.29, 1.82) is 0 Å². The monoisotopic (exact) mass is 341 g/mol. The summed E-state index contributed by atoms with van der Waals surface area (Å²) in [6, 6.07) is 10.0. The molecule has 3 nitrogen and oxygen atoms in total. The van der Waals surface area contributed by atoms with Crippen LogP contribution in [0, 0.1) is 5.82 Å². The van der Waals surface area contributed by atoms with Crippen molar-refractivity contribution in [2.45, 2.75) is 25.7 Å². The molecule has 2 aromatic rings. The van der Waals surface area contributed by atoms with E-state index in [4.69, 9.17) is 4.74 Å². The zero-order valence-corrected chi connectivity index (χ0v) is 12.7. The Morgan fingerprint density at radius 2 is 1.88 bits per heavy atom. The number of ether oxygens (including phenoxy) is 1. The fourth-order valence-electron chi connectivity index (χ4n) is 1.99. The molecule has 0 spiro atoms. The highest BCUT2D eigenvalue weighted by Crippen LogP contribution is 2.29. The fraction of sp³-hybridized carbons (Fsp3) is 0.235. The SMILES string of the molecule is CC(Oc1cccc(F)c1)C(=O)NCc1cccc(C(F)(F)F)c1. The molecule has 1 N–H and O–H groups in total. The van der Waals surface area contributed by atoms with Crippen molar-refractivity contribution in [2.24, 2.45) is 0 Å². The topological polar surface area (TPSA) is 38.3 Å². The smallest absolute Gasteiger partial charge is 0.416 e. The van der Waals surface area contributed by atoms with Gasteiger partial charge in [-0.2, -0.15) is 13.2 Å². The lowest BCUT2D eigenvalue weighted by Crippen LogP contribution is -2.35. The highest BCUT2D eigenvalue weighted by Gasteiger charge is 2.30. The minimum absolute atomic E-state index is 0.0698. The molecule has 128 valence electrons. The Labute approximate surface area is 136 Å². The van der Waals surface area contributed by atoms with Crippen LogP contribution in [0.25, 0.3) is 0 Å². The number of nitrogens with one attached hydrogen (secondary N) is 1. The van der Waals surface area contributed by atoms with E-state index in [9.17, 15) is 22.4 Å². The Hall–Kier alpha value is -2.57. The first-order valence-corrected chi connectivity index (χ1v) is 7.12. The van der Waals surface area contributed by atoms with Crippen LogP contribution in [0.15, 0.2) is 48.5 Å². The Balaban J connectivity index is 1.93. The Kier molecular flexibility index (Phi) is 5.43. The summed E-state index contributed by atoms with van der Waals surface area (Å²) in [6.45, 7) is 1.39. The van der Waals surface area contributed by atoms with Gasteiger partial charge >= 0.3 is 6.18 Å². The van der Waals surface area contributed by atoms with Crippen LogP contribution in [0.5, 0.6) is 5.75 Å². The molecule has 1 amide bonds. The average Bonchev–Trinajstić information content (AvgIpc) is 2.52. The van der Waals surface area contributed by atoms with Crippen molar-refractivity contribution < 1.29 is 27.1 Å². The normalized spacial score (nSPS) is 12.5. The van der Waals surface area contributed by atoms with Gasteiger partial charge in [0.15, 0.2) is 6.10 Å². The zero-order chi connectivity index (χ0) is 17.7. The van der Waals surface area contributed by atoms with Crippen molar-refractivity contribution in [1.82, 2.24) is 5.32 Å². The van der Waals surface area contributed by atoms with Crippen LogP contribution in [0.4, 0.5) is 17.6 Å². The van der Waals surface area contributed by atoms with E-state index in [2.05, 4.69) is 5.32 Å². The summed E-state index contributed by atoms with van der Waals surface area (Å²) in [7, 11) is 0. The molecule has 0 aliphatic carbocycles. The molecule has 2 aromatic carbocycles. The molecule has 0 aliphatic heterocycles. The van der Waals surface area contributed by atoms with Gasteiger partial charge in [-0.25, -0.2) is 4.39 Å². The first-order valence-electron chi connectivity index (χ1n) is 7.12. The second-order valence-corrected chi connectivity index (χ2v) is 5.13. The number of carbonyl (C=O) groups is 1. The van der Waals surface area contributed by atoms with Gasteiger partial charge in [-0.15, -0.1) is 0 Å². The van der Waals surface area contributed by atoms with E-state index in [0.29, 0.717) is 5.56 Å². The predicted molar refractivity (Wildman–Crippen MR) is 79.8 cm³/mol. The third kappa shape index (κ3) is 4.97. The second-order valence-electron chi connectivity index (χ2n) is 5.13. The van der Waals surface area contributed by atoms with Crippen LogP contribution in [-0.2, 0) is 17.5 Å². The van der Waals surface area contributed by atoms with Crippen molar-refractivity contribution >= 4 is 5.91 Å². The lowest BCUT2D eigenvalue weighted by molar-refractivity contribution is -0.137. The molecular weight excluding hydrogens is 326 g/mol. The van der Waals surface area contributed by atoms with Gasteiger partial charge in [0.2, 0.25) is 0 Å². The molecule has 0 fully saturated rings. The van der Waals surface area contributed by atoms with E-state index in [1.54, 1.807) is 0 Å². The van der Waals surface area contributed by atoms with Crippen LogP contribution < -0.4 is 10.1 Å². The molecule has 24 heavy (non-hydrogen) atoms. The number of hydrogen-bond acceptors (Lipinski definition) is 2. The minimum atomic E-state index is -4.44. The summed E-state index contributed by atoms with van der Waals surface area (Å²) in [5, 5.41) is 2.49. The molecule has 0 saturated carbocycles. The third-order valence-electron chi connectivity index (χ3n) is 3.20. The largest absolute Gasteiger partial charge is 0.481 e. The van der Waals surface area contributed by atoms with Crippen LogP contribution in [0.1, 0.15) is 18.1 Å². The fourth-order valence-corrected chi connectivity index (χ4v) is 1.99. The number of benzene rings is 2. The van der Waals surface area contributed by atoms with E-state index in [-0.39, 0.29) is 12.3 Å². The van der Waals surface area contributed by atoms with Crippen LogP contribution in [-0.4, -0.2) is 12.0 Å². The van der Waals surface area contributed by atoms with Crippen molar-refractivity contribution in [2.75, 3.05) is 0 Å². The summed E-state index contributed by atoms with van der Waals surface area (Å²) >= 11 is 0. The average molecular weight is 341 g/mol. The van der Waals surface area contributed by atoms with E-state index < -0.39 is 29.6 Å². The molecule has 1 unspecified atom stereocenters. The first kappa shape index (κ1) is 17.8. The summed E-state index contributed by atoms with van der Waals surface area (Å²) in [6.07, 6.45) is -5.36. The van der Waals surface area contributed by atoms with Crippen molar-refractivity contribution in [3.05, 3.63) is 65.5 Å². The highest BCUT2D eigenvalue weighted by atomic mass is 19.4. The van der Waals surface area contributed by atoms with Gasteiger partial charge in [0.05, 0.1) is 5.56 Å². The lowest BCUT2D eigenvalue weighted by atomic mass is 10.1. The molecule has 0 saturated heterocycles. The van der Waals surface area contributed by atoms with Gasteiger partial charge in [-0.05, 0) is 36.8 Å². The second kappa shape index (κ2) is 7.33. The molecule has 0 aromatic heterocycles. The molecule has 0 radical (unpaired) electrons. The minimum Gasteiger partial charge on any atom is -0.481 e. The van der Waals surface area contributed by atoms with Crippen LogP contribution in [0.2, 0.25) is 0 Å². The van der Waals surface area contributed by atoms with Crippen LogP contribution in [0.3, 0.4) is 0 Å². The summed E-state index contributed by atoms with van der Waals surface area (Å²) in [4.78, 5) is 11.9. The maximum absolute atomic E-state index is 13.0. The number of hydrogen-bond donors (Lipinski definition) is 1. The summed E-state index contributed by atoms with van der Waals surface area (Å²) in [5.41, 5.74) is -0.463. The Bertz CT molecular complexity index is 716.